The minimum atomic E-state index is 0.768. The molecule has 0 radical (unpaired) electrons. The van der Waals surface area contributed by atoms with Gasteiger partial charge in [-0.05, 0) is 48.2 Å². The third kappa shape index (κ3) is 3.85. The molecule has 6 heteroatoms. The highest BCUT2D eigenvalue weighted by Gasteiger charge is 2.04. The summed E-state index contributed by atoms with van der Waals surface area (Å²) in [5.41, 5.74) is 0. The molecule has 3 heterocycles. The maximum Gasteiger partial charge on any atom is 0.143 e. The summed E-state index contributed by atoms with van der Waals surface area (Å²) in [6, 6.07) is 17.7. The monoisotopic (exact) mass is 343 g/mol. The van der Waals surface area contributed by atoms with Crippen molar-refractivity contribution in [1.82, 2.24) is 14.5 Å². The summed E-state index contributed by atoms with van der Waals surface area (Å²) in [5, 5.41) is 0.937. The number of thioether (sulfide) groups is 1. The smallest absolute Gasteiger partial charge is 0.143 e. The fraction of sp³-hybridized carbons (Fsp3) is 0. The van der Waals surface area contributed by atoms with E-state index in [2.05, 4.69) is 9.97 Å². The van der Waals surface area contributed by atoms with Crippen LogP contribution < -0.4 is 0 Å². The summed E-state index contributed by atoms with van der Waals surface area (Å²) in [6.45, 7) is 0. The topological polar surface area (TPSA) is 33.6 Å². The molecule has 0 saturated carbocycles. The first-order valence-corrected chi connectivity index (χ1v) is 8.65. The summed E-state index contributed by atoms with van der Waals surface area (Å²) < 4.78 is 4.85. The number of nitrogens with zero attached hydrogens (tertiary/aromatic N) is 2. The van der Waals surface area contributed by atoms with Crippen molar-refractivity contribution in [2.24, 2.45) is 0 Å². The number of rotatable bonds is 1. The highest BCUT2D eigenvalue weighted by atomic mass is 32.2. The second kappa shape index (κ2) is 7.40. The lowest BCUT2D eigenvalue weighted by Crippen LogP contribution is -2.06. The Hall–Kier alpha value is -1.89. The number of hydrogen-bond acceptors (Lipinski definition) is 3. The molecule has 0 atom stereocenters. The van der Waals surface area contributed by atoms with Crippen LogP contribution in [0.3, 0.4) is 0 Å². The molecule has 3 aromatic rings. The number of hydrogen-bond donors (Lipinski definition) is 1. The van der Waals surface area contributed by atoms with Crippen LogP contribution in [0, 0.1) is 9.28 Å². The lowest BCUT2D eigenvalue weighted by Gasteiger charge is -2.08. The molecular formula is C16H13N3S3. The second-order valence-electron chi connectivity index (χ2n) is 4.27. The van der Waals surface area contributed by atoms with Gasteiger partial charge in [0.1, 0.15) is 14.0 Å². The second-order valence-corrected chi connectivity index (χ2v) is 6.99. The predicted octanol–water partition coefficient (Wildman–Crippen LogP) is 4.63. The Balaban J connectivity index is 2.18. The van der Waals surface area contributed by atoms with E-state index in [1.54, 1.807) is 28.9 Å². The van der Waals surface area contributed by atoms with Gasteiger partial charge in [0.2, 0.25) is 0 Å². The molecule has 0 aliphatic carbocycles. The summed E-state index contributed by atoms with van der Waals surface area (Å²) >= 11 is 7.04. The first-order valence-electron chi connectivity index (χ1n) is 6.61. The first kappa shape index (κ1) is 15.0. The van der Waals surface area contributed by atoms with E-state index in [-0.39, 0.29) is 0 Å². The Kier molecular flexibility index (Phi) is 5.05. The van der Waals surface area contributed by atoms with Crippen LogP contribution in [0.2, 0.25) is 0 Å². The minimum Gasteiger partial charge on any atom is -0.353 e. The molecule has 0 aromatic carbocycles. The summed E-state index contributed by atoms with van der Waals surface area (Å²) in [7, 11) is 1.63. The summed E-state index contributed by atoms with van der Waals surface area (Å²) in [5.74, 6) is 0. The molecule has 0 amide bonds. The van der Waals surface area contributed by atoms with E-state index in [4.69, 9.17) is 12.2 Å². The Labute approximate surface area is 141 Å². The van der Waals surface area contributed by atoms with Gasteiger partial charge in [-0.2, -0.15) is 0 Å². The molecule has 1 N–H and O–H groups in total. The van der Waals surface area contributed by atoms with Gasteiger partial charge in [-0.1, -0.05) is 41.4 Å². The Morgan fingerprint density at radius 3 is 2.64 bits per heavy atom. The SMILES string of the molecule is S=c1ccccn1C(Sc1ccccn1)=S=c1cccc[nH]1. The average molecular weight is 344 g/mol. The number of pyridine rings is 3. The maximum atomic E-state index is 5.45. The van der Waals surface area contributed by atoms with Crippen molar-refractivity contribution in [3.63, 3.8) is 0 Å². The molecule has 3 rings (SSSR count). The molecule has 0 aliphatic heterocycles. The molecule has 110 valence electrons. The van der Waals surface area contributed by atoms with Gasteiger partial charge in [0.15, 0.2) is 0 Å². The number of aromatic nitrogens is 3. The molecule has 3 nitrogen and oxygen atoms in total. The van der Waals surface area contributed by atoms with Gasteiger partial charge in [0, 0.05) is 18.6 Å². The molecule has 0 unspecified atom stereocenters. The van der Waals surface area contributed by atoms with E-state index in [9.17, 15) is 0 Å². The molecule has 22 heavy (non-hydrogen) atoms. The van der Waals surface area contributed by atoms with E-state index in [0.29, 0.717) is 0 Å². The first-order chi connectivity index (χ1) is 10.8. The van der Waals surface area contributed by atoms with Crippen LogP contribution in [0.15, 0.2) is 78.2 Å². The summed E-state index contributed by atoms with van der Waals surface area (Å²) in [6.07, 6.45) is 5.68. The fourth-order valence-corrected chi connectivity index (χ4v) is 4.18. The molecule has 0 saturated heterocycles. The van der Waals surface area contributed by atoms with Gasteiger partial charge in [-0.15, -0.1) is 0 Å². The lowest BCUT2D eigenvalue weighted by molar-refractivity contribution is 1.12. The summed E-state index contributed by atoms with van der Waals surface area (Å²) in [4.78, 5) is 7.62. The average Bonchev–Trinajstić information content (AvgIpc) is 2.57. The van der Waals surface area contributed by atoms with E-state index in [1.807, 2.05) is 71.6 Å². The Bertz CT molecular complexity index is 905. The van der Waals surface area contributed by atoms with Gasteiger partial charge in [0.25, 0.3) is 0 Å². The zero-order valence-electron chi connectivity index (χ0n) is 11.5. The van der Waals surface area contributed by atoms with Crippen molar-refractivity contribution in [2.45, 2.75) is 5.03 Å². The number of nitrogens with one attached hydrogen (secondary N) is 1. The quantitative estimate of drug-likeness (QED) is 0.516. The van der Waals surface area contributed by atoms with Crippen molar-refractivity contribution in [3.05, 3.63) is 82.5 Å². The van der Waals surface area contributed by atoms with Crippen molar-refractivity contribution < 1.29 is 0 Å². The molecule has 3 aromatic heterocycles. The highest BCUT2D eigenvalue weighted by Crippen LogP contribution is 2.19. The van der Waals surface area contributed by atoms with Crippen LogP contribution in [0.1, 0.15) is 0 Å². The van der Waals surface area contributed by atoms with Gasteiger partial charge in [-0.3, -0.25) is 4.57 Å². The lowest BCUT2D eigenvalue weighted by atomic mass is 10.5. The molecular weight excluding hydrogens is 330 g/mol. The van der Waals surface area contributed by atoms with Crippen molar-refractivity contribution in [2.75, 3.05) is 0 Å². The third-order valence-corrected chi connectivity index (χ3v) is 5.23. The zero-order valence-corrected chi connectivity index (χ0v) is 14.0. The third-order valence-electron chi connectivity index (χ3n) is 2.73. The predicted molar refractivity (Wildman–Crippen MR) is 97.4 cm³/mol. The minimum absolute atomic E-state index is 0.768. The van der Waals surface area contributed by atoms with Crippen molar-refractivity contribution in [1.29, 1.82) is 0 Å². The van der Waals surface area contributed by atoms with Crippen LogP contribution in [0.4, 0.5) is 0 Å². The number of aromatic amines is 1. The standard InChI is InChI=1S/C16H13N3S3/c20-15-9-3-6-12-19(15)16(21-13-7-1-4-10-17-13)22-14-8-2-5-11-18-14/h1-12,17H. The van der Waals surface area contributed by atoms with E-state index < -0.39 is 0 Å². The Morgan fingerprint density at radius 2 is 1.91 bits per heavy atom. The van der Waals surface area contributed by atoms with Crippen LogP contribution in [0.25, 0.3) is 0 Å². The molecule has 0 spiro atoms. The van der Waals surface area contributed by atoms with Crippen molar-refractivity contribution in [3.8, 4) is 0 Å². The zero-order chi connectivity index (χ0) is 15.2. The molecule has 0 fully saturated rings. The van der Waals surface area contributed by atoms with Crippen molar-refractivity contribution >= 4 is 39.2 Å². The van der Waals surface area contributed by atoms with E-state index in [1.165, 1.54) is 0 Å². The normalized spacial score (nSPS) is 10.2. The van der Waals surface area contributed by atoms with Crippen LogP contribution in [-0.4, -0.2) is 18.9 Å². The van der Waals surface area contributed by atoms with Gasteiger partial charge >= 0.3 is 0 Å². The number of H-pyrrole nitrogens is 1. The largest absolute Gasteiger partial charge is 0.353 e. The van der Waals surface area contributed by atoms with Crippen LogP contribution in [-0.2, 0) is 0 Å². The molecule has 0 bridgehead atoms. The molecule has 0 aliphatic rings. The Morgan fingerprint density at radius 1 is 1.05 bits per heavy atom. The van der Waals surface area contributed by atoms with E-state index in [0.717, 1.165) is 18.6 Å². The van der Waals surface area contributed by atoms with Crippen LogP contribution in [0.5, 0.6) is 0 Å². The maximum absolute atomic E-state index is 5.45. The van der Waals surface area contributed by atoms with Gasteiger partial charge in [0.05, 0.1) is 4.64 Å². The van der Waals surface area contributed by atoms with Gasteiger partial charge < -0.3 is 4.98 Å². The van der Waals surface area contributed by atoms with Crippen LogP contribution >= 0.6 is 34.9 Å². The highest BCUT2D eigenvalue weighted by molar-refractivity contribution is 8.25. The van der Waals surface area contributed by atoms with E-state index >= 15 is 0 Å². The fourth-order valence-electron chi connectivity index (χ4n) is 1.73. The van der Waals surface area contributed by atoms with Gasteiger partial charge in [-0.25, -0.2) is 4.98 Å².